The molecule has 0 radical (unpaired) electrons. The monoisotopic (exact) mass is 443 g/mol. The summed E-state index contributed by atoms with van der Waals surface area (Å²) in [5.74, 6) is 0.0821. The molecule has 0 bridgehead atoms. The molecule has 154 valence electrons. The van der Waals surface area contributed by atoms with Crippen LogP contribution in [0, 0.1) is 0 Å². The maximum atomic E-state index is 12.0. The first-order chi connectivity index (χ1) is 14.5. The Kier molecular flexibility index (Phi) is 6.35. The van der Waals surface area contributed by atoms with Crippen molar-refractivity contribution in [2.45, 2.75) is 19.3 Å². The Morgan fingerprint density at radius 3 is 2.47 bits per heavy atom. The second-order valence-corrected chi connectivity index (χ2v) is 7.74. The lowest BCUT2D eigenvalue weighted by Gasteiger charge is -2.14. The number of nitrogens with zero attached hydrogens (tertiary/aromatic N) is 1. The number of hydrogen-bond donors (Lipinski definition) is 0. The molecule has 1 aromatic heterocycles. The molecule has 2 heterocycles. The molecule has 1 saturated heterocycles. The van der Waals surface area contributed by atoms with Gasteiger partial charge in [0.1, 0.15) is 0 Å². The van der Waals surface area contributed by atoms with E-state index < -0.39 is 0 Å². The molecule has 0 N–H and O–H groups in total. The highest BCUT2D eigenvalue weighted by Crippen LogP contribution is 2.27. The fraction of sp³-hybridized carbons (Fsp3) is 0.217. The fourth-order valence-corrected chi connectivity index (χ4v) is 4.07. The summed E-state index contributed by atoms with van der Waals surface area (Å²) < 4.78 is 12.4. The van der Waals surface area contributed by atoms with E-state index >= 15 is 0 Å². The van der Waals surface area contributed by atoms with Gasteiger partial charge < -0.3 is 14.0 Å². The van der Waals surface area contributed by atoms with E-state index in [0.717, 1.165) is 22.0 Å². The number of pyridine rings is 1. The van der Waals surface area contributed by atoms with Crippen LogP contribution >= 0.6 is 23.2 Å². The van der Waals surface area contributed by atoms with Gasteiger partial charge in [0.25, 0.3) is 5.56 Å². The molecular formula is C23H19Cl2NO4. The number of ether oxygens (including phenoxy) is 2. The lowest BCUT2D eigenvalue weighted by atomic mass is 9.97. The van der Waals surface area contributed by atoms with Crippen molar-refractivity contribution in [1.82, 2.24) is 4.57 Å². The van der Waals surface area contributed by atoms with Crippen molar-refractivity contribution in [3.8, 4) is 0 Å². The number of carbonyl (C=O) groups excluding carboxylic acids is 1. The molecular weight excluding hydrogens is 425 g/mol. The molecule has 1 aliphatic heterocycles. The summed E-state index contributed by atoms with van der Waals surface area (Å²) in [6.45, 7) is 1.53. The zero-order chi connectivity index (χ0) is 21.1. The standard InChI is InChI=1S/C13H12ClNO3.C10H7ClO/c14-10-7-12(16)15(8-13-17-5-6-18-13)11-4-2-1-3-9(10)11;11-10-6-8(12)5-7-3-1-2-4-9(7)10/h1-4,7,13H,5-6,8H2;1-4,6H,5H2. The average molecular weight is 444 g/mol. The van der Waals surface area contributed by atoms with Gasteiger partial charge in [0.15, 0.2) is 12.1 Å². The van der Waals surface area contributed by atoms with Crippen LogP contribution in [0.25, 0.3) is 15.9 Å². The molecule has 0 unspecified atom stereocenters. The van der Waals surface area contributed by atoms with Crippen LogP contribution in [0.15, 0.2) is 65.5 Å². The van der Waals surface area contributed by atoms with Gasteiger partial charge in [-0.05, 0) is 17.2 Å². The van der Waals surface area contributed by atoms with Crippen molar-refractivity contribution in [3.05, 3.63) is 87.2 Å². The van der Waals surface area contributed by atoms with Gasteiger partial charge in [-0.15, -0.1) is 0 Å². The molecule has 7 heteroatoms. The van der Waals surface area contributed by atoms with E-state index in [1.54, 1.807) is 4.57 Å². The summed E-state index contributed by atoms with van der Waals surface area (Å²) in [7, 11) is 0. The first-order valence-electron chi connectivity index (χ1n) is 9.52. The molecule has 5 rings (SSSR count). The Bertz CT molecular complexity index is 1180. The van der Waals surface area contributed by atoms with Crippen LogP contribution in [0.1, 0.15) is 11.1 Å². The third kappa shape index (κ3) is 4.50. The van der Waals surface area contributed by atoms with Gasteiger partial charge in [-0.3, -0.25) is 9.59 Å². The van der Waals surface area contributed by atoms with Crippen LogP contribution in [0.4, 0.5) is 0 Å². The van der Waals surface area contributed by atoms with Crippen LogP contribution in [-0.4, -0.2) is 29.9 Å². The van der Waals surface area contributed by atoms with Gasteiger partial charge in [0.05, 0.1) is 35.3 Å². The van der Waals surface area contributed by atoms with Gasteiger partial charge in [-0.1, -0.05) is 65.7 Å². The number of ketones is 1. The van der Waals surface area contributed by atoms with Gasteiger partial charge in [0.2, 0.25) is 0 Å². The zero-order valence-electron chi connectivity index (χ0n) is 16.0. The molecule has 5 nitrogen and oxygen atoms in total. The van der Waals surface area contributed by atoms with E-state index in [4.69, 9.17) is 32.7 Å². The molecule has 2 aliphatic rings. The van der Waals surface area contributed by atoms with Crippen LogP contribution in [0.2, 0.25) is 5.02 Å². The Morgan fingerprint density at radius 1 is 0.967 bits per heavy atom. The lowest BCUT2D eigenvalue weighted by Crippen LogP contribution is -2.27. The predicted molar refractivity (Wildman–Crippen MR) is 118 cm³/mol. The van der Waals surface area contributed by atoms with Gasteiger partial charge in [-0.25, -0.2) is 0 Å². The van der Waals surface area contributed by atoms with Crippen LogP contribution < -0.4 is 5.56 Å². The molecule has 0 spiro atoms. The summed E-state index contributed by atoms with van der Waals surface area (Å²) in [5, 5.41) is 1.89. The summed E-state index contributed by atoms with van der Waals surface area (Å²) in [6, 6.07) is 16.7. The Labute approximate surface area is 183 Å². The SMILES string of the molecule is O=C1C=C(Cl)c2ccccc2C1.O=c1cc(Cl)c2ccccc2n1CC1OCCO1. The average Bonchev–Trinajstić information content (AvgIpc) is 3.25. The van der Waals surface area contributed by atoms with Crippen molar-refractivity contribution in [2.24, 2.45) is 0 Å². The number of carbonyl (C=O) groups is 1. The highest BCUT2D eigenvalue weighted by molar-refractivity contribution is 6.50. The largest absolute Gasteiger partial charge is 0.348 e. The van der Waals surface area contributed by atoms with Crippen molar-refractivity contribution >= 4 is 44.9 Å². The Hall–Kier alpha value is -2.44. The quantitative estimate of drug-likeness (QED) is 0.588. The summed E-state index contributed by atoms with van der Waals surface area (Å²) in [4.78, 5) is 23.1. The molecule has 0 amide bonds. The second-order valence-electron chi connectivity index (χ2n) is 6.92. The molecule has 2 aromatic carbocycles. The highest BCUT2D eigenvalue weighted by Gasteiger charge is 2.18. The third-order valence-corrected chi connectivity index (χ3v) is 5.54. The van der Waals surface area contributed by atoms with E-state index in [1.165, 1.54) is 12.1 Å². The van der Waals surface area contributed by atoms with Crippen molar-refractivity contribution < 1.29 is 14.3 Å². The number of rotatable bonds is 2. The van der Waals surface area contributed by atoms with Crippen LogP contribution in [-0.2, 0) is 27.2 Å². The highest BCUT2D eigenvalue weighted by atomic mass is 35.5. The zero-order valence-corrected chi connectivity index (χ0v) is 17.5. The second kappa shape index (κ2) is 9.14. The van der Waals surface area contributed by atoms with Crippen LogP contribution in [0.5, 0.6) is 0 Å². The summed E-state index contributed by atoms with van der Waals surface area (Å²) >= 11 is 12.0. The molecule has 0 saturated carbocycles. The summed E-state index contributed by atoms with van der Waals surface area (Å²) in [6.07, 6.45) is 1.61. The van der Waals surface area contributed by atoms with Crippen molar-refractivity contribution in [3.63, 3.8) is 0 Å². The van der Waals surface area contributed by atoms with E-state index in [0.29, 0.717) is 36.2 Å². The Morgan fingerprint density at radius 2 is 1.67 bits per heavy atom. The summed E-state index contributed by atoms with van der Waals surface area (Å²) in [5.41, 5.74) is 2.67. The number of para-hydroxylation sites is 1. The number of benzene rings is 2. The minimum absolute atomic E-state index is 0.0821. The maximum Gasteiger partial charge on any atom is 0.252 e. The van der Waals surface area contributed by atoms with Crippen molar-refractivity contribution in [2.75, 3.05) is 13.2 Å². The van der Waals surface area contributed by atoms with E-state index in [9.17, 15) is 9.59 Å². The van der Waals surface area contributed by atoms with E-state index in [-0.39, 0.29) is 17.6 Å². The number of fused-ring (bicyclic) bond motifs is 2. The first-order valence-corrected chi connectivity index (χ1v) is 10.3. The van der Waals surface area contributed by atoms with Gasteiger partial charge in [-0.2, -0.15) is 0 Å². The topological polar surface area (TPSA) is 57.5 Å². The molecule has 30 heavy (non-hydrogen) atoms. The molecule has 3 aromatic rings. The lowest BCUT2D eigenvalue weighted by molar-refractivity contribution is -0.114. The van der Waals surface area contributed by atoms with E-state index in [1.807, 2.05) is 48.5 Å². The minimum atomic E-state index is -0.354. The number of aromatic nitrogens is 1. The minimum Gasteiger partial charge on any atom is -0.348 e. The van der Waals surface area contributed by atoms with Gasteiger partial charge >= 0.3 is 0 Å². The fourth-order valence-electron chi connectivity index (χ4n) is 3.51. The Balaban J connectivity index is 0.000000158. The van der Waals surface area contributed by atoms with Crippen LogP contribution in [0.3, 0.4) is 0 Å². The normalized spacial score (nSPS) is 16.1. The van der Waals surface area contributed by atoms with E-state index in [2.05, 4.69) is 0 Å². The number of halogens is 2. The molecule has 1 fully saturated rings. The molecule has 0 atom stereocenters. The van der Waals surface area contributed by atoms with Gasteiger partial charge in [0, 0.05) is 23.9 Å². The number of allylic oxidation sites excluding steroid dienone is 1. The maximum absolute atomic E-state index is 12.0. The predicted octanol–water partition coefficient (Wildman–Crippen LogP) is 4.42. The first kappa shape index (κ1) is 20.8. The number of hydrogen-bond acceptors (Lipinski definition) is 4. The van der Waals surface area contributed by atoms with Crippen molar-refractivity contribution in [1.29, 1.82) is 0 Å². The third-order valence-electron chi connectivity index (χ3n) is 4.92. The molecule has 1 aliphatic carbocycles. The smallest absolute Gasteiger partial charge is 0.252 e.